The molecule has 1 fully saturated rings. The minimum Gasteiger partial charge on any atom is -0.507 e. The molecule has 0 saturated carbocycles. The first-order chi connectivity index (χ1) is 17.1. The van der Waals surface area contributed by atoms with Gasteiger partial charge in [-0.05, 0) is 42.3 Å². The molecule has 1 aromatic carbocycles. The lowest BCUT2D eigenvalue weighted by Crippen LogP contribution is -2.49. The van der Waals surface area contributed by atoms with Crippen molar-refractivity contribution in [1.82, 2.24) is 19.4 Å². The van der Waals surface area contributed by atoms with E-state index in [1.807, 2.05) is 67.6 Å². The SMILES string of the molecule is Cc1cc(O)c([C@H](c2cccnc2)N2CCN(c3ccccn3)CC2)c(=O)n1Cc1ccccc1. The van der Waals surface area contributed by atoms with Crippen LogP contribution in [0.5, 0.6) is 5.75 Å². The molecule has 3 aromatic heterocycles. The summed E-state index contributed by atoms with van der Waals surface area (Å²) < 4.78 is 1.75. The summed E-state index contributed by atoms with van der Waals surface area (Å²) >= 11 is 0. The van der Waals surface area contributed by atoms with Gasteiger partial charge in [0.2, 0.25) is 0 Å². The molecular formula is C28H29N5O2. The van der Waals surface area contributed by atoms with Crippen LogP contribution in [0.1, 0.15) is 28.4 Å². The number of hydrogen-bond donors (Lipinski definition) is 1. The molecule has 0 amide bonds. The normalized spacial score (nSPS) is 15.2. The van der Waals surface area contributed by atoms with Crippen LogP contribution in [-0.2, 0) is 6.54 Å². The van der Waals surface area contributed by atoms with Crippen LogP contribution in [0, 0.1) is 6.92 Å². The standard InChI is InChI=1S/C28H29N5O2/c1-21-18-24(34)26(28(35)33(21)20-22-8-3-2-4-9-22)27(23-10-7-12-29-19-23)32-16-14-31(15-17-32)25-11-5-6-13-30-25/h2-13,18-19,27,34H,14-17,20H2,1H3/t27-/m0/s1. The molecule has 1 aliphatic heterocycles. The molecule has 1 saturated heterocycles. The van der Waals surface area contributed by atoms with Crippen LogP contribution in [0.15, 0.2) is 90.1 Å². The Morgan fingerprint density at radius 3 is 2.40 bits per heavy atom. The fourth-order valence-corrected chi connectivity index (χ4v) is 4.84. The van der Waals surface area contributed by atoms with Crippen molar-refractivity contribution in [1.29, 1.82) is 0 Å². The van der Waals surface area contributed by atoms with Crippen molar-refractivity contribution in [3.63, 3.8) is 0 Å². The van der Waals surface area contributed by atoms with Crippen LogP contribution in [-0.4, -0.2) is 50.7 Å². The van der Waals surface area contributed by atoms with Crippen molar-refractivity contribution in [2.45, 2.75) is 19.5 Å². The van der Waals surface area contributed by atoms with E-state index >= 15 is 0 Å². The van der Waals surface area contributed by atoms with Crippen LogP contribution in [0.3, 0.4) is 0 Å². The Morgan fingerprint density at radius 2 is 1.71 bits per heavy atom. The predicted octanol–water partition coefficient (Wildman–Crippen LogP) is 3.61. The molecule has 35 heavy (non-hydrogen) atoms. The maximum Gasteiger partial charge on any atom is 0.259 e. The first kappa shape index (κ1) is 22.8. The van der Waals surface area contributed by atoms with E-state index in [1.165, 1.54) is 0 Å². The van der Waals surface area contributed by atoms with Crippen LogP contribution < -0.4 is 10.5 Å². The molecule has 1 aliphatic rings. The van der Waals surface area contributed by atoms with E-state index in [4.69, 9.17) is 0 Å². The van der Waals surface area contributed by atoms with Crippen LogP contribution in [0.25, 0.3) is 0 Å². The zero-order chi connectivity index (χ0) is 24.2. The van der Waals surface area contributed by atoms with E-state index in [0.29, 0.717) is 12.1 Å². The van der Waals surface area contributed by atoms with E-state index in [-0.39, 0.29) is 11.3 Å². The van der Waals surface area contributed by atoms with Gasteiger partial charge in [0.25, 0.3) is 5.56 Å². The van der Waals surface area contributed by atoms with E-state index in [1.54, 1.807) is 29.2 Å². The number of pyridine rings is 3. The number of rotatable bonds is 6. The number of nitrogens with zero attached hydrogens (tertiary/aromatic N) is 5. The number of benzene rings is 1. The quantitative estimate of drug-likeness (QED) is 0.467. The maximum atomic E-state index is 13.9. The highest BCUT2D eigenvalue weighted by Gasteiger charge is 2.32. The number of piperazine rings is 1. The van der Waals surface area contributed by atoms with Gasteiger partial charge in [-0.25, -0.2) is 4.98 Å². The average molecular weight is 468 g/mol. The first-order valence-electron chi connectivity index (χ1n) is 11.9. The van der Waals surface area contributed by atoms with Crippen molar-refractivity contribution in [3.8, 4) is 5.75 Å². The lowest BCUT2D eigenvalue weighted by atomic mass is 9.97. The molecule has 4 heterocycles. The fourth-order valence-electron chi connectivity index (χ4n) is 4.84. The number of anilines is 1. The topological polar surface area (TPSA) is 74.5 Å². The highest BCUT2D eigenvalue weighted by atomic mass is 16.3. The van der Waals surface area contributed by atoms with Gasteiger partial charge in [0.05, 0.1) is 18.2 Å². The van der Waals surface area contributed by atoms with Crippen molar-refractivity contribution in [2.24, 2.45) is 0 Å². The smallest absolute Gasteiger partial charge is 0.259 e. The van der Waals surface area contributed by atoms with Crippen molar-refractivity contribution < 1.29 is 5.11 Å². The summed E-state index contributed by atoms with van der Waals surface area (Å²) in [6.45, 7) is 5.31. The Labute approximate surface area is 204 Å². The van der Waals surface area contributed by atoms with Gasteiger partial charge in [0.1, 0.15) is 11.6 Å². The Bertz CT molecular complexity index is 1320. The van der Waals surface area contributed by atoms with Gasteiger partial charge in [-0.15, -0.1) is 0 Å². The minimum atomic E-state index is -0.398. The Morgan fingerprint density at radius 1 is 0.943 bits per heavy atom. The second-order valence-corrected chi connectivity index (χ2v) is 8.86. The molecule has 4 aromatic rings. The number of aromatic hydroxyl groups is 1. The van der Waals surface area contributed by atoms with Crippen LogP contribution in [0.2, 0.25) is 0 Å². The maximum absolute atomic E-state index is 13.9. The van der Waals surface area contributed by atoms with Gasteiger partial charge in [-0.3, -0.25) is 14.7 Å². The summed E-state index contributed by atoms with van der Waals surface area (Å²) in [7, 11) is 0. The largest absolute Gasteiger partial charge is 0.507 e. The van der Waals surface area contributed by atoms with E-state index in [0.717, 1.165) is 48.8 Å². The number of aryl methyl sites for hydroxylation is 1. The summed E-state index contributed by atoms with van der Waals surface area (Å²) in [5.74, 6) is 0.978. The molecule has 1 atom stereocenters. The van der Waals surface area contributed by atoms with Crippen LogP contribution >= 0.6 is 0 Å². The van der Waals surface area contributed by atoms with E-state index in [2.05, 4.69) is 19.8 Å². The van der Waals surface area contributed by atoms with E-state index < -0.39 is 6.04 Å². The van der Waals surface area contributed by atoms with Crippen molar-refractivity contribution >= 4 is 5.82 Å². The summed E-state index contributed by atoms with van der Waals surface area (Å²) in [6.07, 6.45) is 5.32. The van der Waals surface area contributed by atoms with Gasteiger partial charge < -0.3 is 14.6 Å². The van der Waals surface area contributed by atoms with Gasteiger partial charge in [-0.1, -0.05) is 42.5 Å². The molecule has 0 unspecified atom stereocenters. The molecule has 7 nitrogen and oxygen atoms in total. The average Bonchev–Trinajstić information content (AvgIpc) is 2.91. The molecule has 178 valence electrons. The van der Waals surface area contributed by atoms with Gasteiger partial charge in [-0.2, -0.15) is 0 Å². The van der Waals surface area contributed by atoms with Crippen molar-refractivity contribution in [2.75, 3.05) is 31.1 Å². The summed E-state index contributed by atoms with van der Waals surface area (Å²) in [4.78, 5) is 27.2. The summed E-state index contributed by atoms with van der Waals surface area (Å²) in [6, 6.07) is 21.0. The summed E-state index contributed by atoms with van der Waals surface area (Å²) in [5.41, 5.74) is 2.88. The highest BCUT2D eigenvalue weighted by molar-refractivity contribution is 5.42. The monoisotopic (exact) mass is 467 g/mol. The molecule has 0 bridgehead atoms. The highest BCUT2D eigenvalue weighted by Crippen LogP contribution is 2.33. The summed E-state index contributed by atoms with van der Waals surface area (Å²) in [5, 5.41) is 11.1. The molecule has 0 spiro atoms. The Hall–Kier alpha value is -3.97. The van der Waals surface area contributed by atoms with Crippen molar-refractivity contribution in [3.05, 3.63) is 118 Å². The molecule has 5 rings (SSSR count). The first-order valence-corrected chi connectivity index (χ1v) is 11.9. The predicted molar refractivity (Wildman–Crippen MR) is 137 cm³/mol. The van der Waals surface area contributed by atoms with E-state index in [9.17, 15) is 9.90 Å². The molecule has 0 radical (unpaired) electrons. The zero-order valence-electron chi connectivity index (χ0n) is 19.8. The Balaban J connectivity index is 1.52. The number of hydrogen-bond acceptors (Lipinski definition) is 6. The lowest BCUT2D eigenvalue weighted by Gasteiger charge is -2.40. The minimum absolute atomic E-state index is 0.0258. The Kier molecular flexibility index (Phi) is 6.59. The van der Waals surface area contributed by atoms with Gasteiger partial charge >= 0.3 is 0 Å². The van der Waals surface area contributed by atoms with Crippen LogP contribution in [0.4, 0.5) is 5.82 Å². The third kappa shape index (κ3) is 4.81. The third-order valence-electron chi connectivity index (χ3n) is 6.63. The second-order valence-electron chi connectivity index (χ2n) is 8.86. The second kappa shape index (κ2) is 10.1. The van der Waals surface area contributed by atoms with Gasteiger partial charge in [0.15, 0.2) is 0 Å². The van der Waals surface area contributed by atoms with Gasteiger partial charge in [0, 0.05) is 50.5 Å². The third-order valence-corrected chi connectivity index (χ3v) is 6.63. The lowest BCUT2D eigenvalue weighted by molar-refractivity contribution is 0.207. The molecular weight excluding hydrogens is 438 g/mol. The molecule has 7 heteroatoms. The fraction of sp³-hybridized carbons (Fsp3) is 0.250. The zero-order valence-corrected chi connectivity index (χ0v) is 19.8. The molecule has 1 N–H and O–H groups in total. The number of aromatic nitrogens is 3. The molecule has 0 aliphatic carbocycles.